The van der Waals surface area contributed by atoms with Crippen LogP contribution in [0, 0.1) is 0 Å². The van der Waals surface area contributed by atoms with Crippen LogP contribution in [0.5, 0.6) is 0 Å². The lowest BCUT2D eigenvalue weighted by atomic mass is 9.95. The first-order valence-corrected chi connectivity index (χ1v) is 35.5. The van der Waals surface area contributed by atoms with Gasteiger partial charge in [-0.2, -0.15) is 0 Å². The van der Waals surface area contributed by atoms with E-state index in [4.69, 9.17) is 19.9 Å². The van der Waals surface area contributed by atoms with Gasteiger partial charge < -0.3 is 8.80 Å². The van der Waals surface area contributed by atoms with Crippen LogP contribution in [0.25, 0.3) is 221 Å². The van der Waals surface area contributed by atoms with E-state index in [2.05, 4.69) is 339 Å². The normalized spacial score (nSPS) is 12.2. The molecule has 8 nitrogen and oxygen atoms in total. The summed E-state index contributed by atoms with van der Waals surface area (Å²) in [7, 11) is 0. The lowest BCUT2D eigenvalue weighted by Crippen LogP contribution is -2.04. The standard InChI is InChI=1S/C96H56N8/c1-2-16-57(17-3-1)58-31-35-60(36-32-58)83-56-84(100-96(99-83)104-90-30-13-4-20-71(90)77-49-64(40-43-92(77)104)67-51-79-72-21-5-9-26-86(72)102-87-27-10-6-22-73(87)80(52-67)93(79)102)61-37-33-59(34-38-61)62-18-14-19-63(48-62)65-39-42-70-69(45-47-97-85(70)53-65)66-41-44-91-78(50-66)76-25-15-46-98-95(76)101(91)68-54-81-74-23-7-11-28-88(74)103-89-29-12-8-24-75(89)82(55-68)94(81)103/h1-56H. The van der Waals surface area contributed by atoms with Crippen molar-refractivity contribution in [2.75, 3.05) is 0 Å². The Morgan fingerprint density at radius 1 is 0.212 bits per heavy atom. The molecule has 0 radical (unpaired) electrons. The Hall–Kier alpha value is -14.1. The summed E-state index contributed by atoms with van der Waals surface area (Å²) in [5, 5.41) is 15.7. The number of aromatic nitrogens is 8. The van der Waals surface area contributed by atoms with Gasteiger partial charge in [0.1, 0.15) is 5.65 Å². The Morgan fingerprint density at radius 2 is 0.625 bits per heavy atom. The second kappa shape index (κ2) is 21.7. The predicted octanol–water partition coefficient (Wildman–Crippen LogP) is 24.6. The Labute approximate surface area is 594 Å². The maximum atomic E-state index is 5.54. The molecule has 480 valence electrons. The minimum absolute atomic E-state index is 0.606. The molecule has 0 unspecified atom stereocenters. The van der Waals surface area contributed by atoms with Gasteiger partial charge in [0.15, 0.2) is 0 Å². The highest BCUT2D eigenvalue weighted by Gasteiger charge is 2.25. The highest BCUT2D eigenvalue weighted by molar-refractivity contribution is 6.26. The molecule has 0 amide bonds. The van der Waals surface area contributed by atoms with Crippen molar-refractivity contribution in [3.8, 4) is 89.8 Å². The highest BCUT2D eigenvalue weighted by atomic mass is 15.2. The number of rotatable bonds is 9. The molecule has 0 saturated carbocycles. The van der Waals surface area contributed by atoms with Gasteiger partial charge in [0.05, 0.1) is 66.6 Å². The van der Waals surface area contributed by atoms with E-state index in [0.29, 0.717) is 5.95 Å². The molecule has 0 aliphatic carbocycles. The molecule has 0 aliphatic heterocycles. The molecule has 23 rings (SSSR count). The molecule has 8 heteroatoms. The molecule has 0 bridgehead atoms. The van der Waals surface area contributed by atoms with Crippen LogP contribution in [0.3, 0.4) is 0 Å². The van der Waals surface area contributed by atoms with E-state index in [1.54, 1.807) is 0 Å². The van der Waals surface area contributed by atoms with Crippen molar-refractivity contribution in [2.45, 2.75) is 0 Å². The van der Waals surface area contributed by atoms with Gasteiger partial charge in [-0.25, -0.2) is 15.0 Å². The lowest BCUT2D eigenvalue weighted by molar-refractivity contribution is 0.995. The van der Waals surface area contributed by atoms with Crippen LogP contribution in [-0.4, -0.2) is 37.9 Å². The van der Waals surface area contributed by atoms with Gasteiger partial charge in [0, 0.05) is 99.2 Å². The maximum absolute atomic E-state index is 5.54. The number of fused-ring (bicyclic) bond motifs is 19. The molecule has 9 heterocycles. The maximum Gasteiger partial charge on any atom is 0.235 e. The number of hydrogen-bond acceptors (Lipinski definition) is 4. The molecule has 0 saturated heterocycles. The zero-order valence-electron chi connectivity index (χ0n) is 55.9. The van der Waals surface area contributed by atoms with Crippen LogP contribution < -0.4 is 0 Å². The van der Waals surface area contributed by atoms with E-state index in [-0.39, 0.29) is 0 Å². The van der Waals surface area contributed by atoms with Crippen LogP contribution in [-0.2, 0) is 0 Å². The summed E-state index contributed by atoms with van der Waals surface area (Å²) < 4.78 is 9.48. The fraction of sp³-hybridized carbons (Fsp3) is 0. The Balaban J connectivity index is 0.592. The number of hydrogen-bond donors (Lipinski definition) is 0. The minimum Gasteiger partial charge on any atom is -0.308 e. The highest BCUT2D eigenvalue weighted by Crippen LogP contribution is 2.46. The van der Waals surface area contributed by atoms with Gasteiger partial charge in [0.2, 0.25) is 5.95 Å². The van der Waals surface area contributed by atoms with Gasteiger partial charge in [-0.05, 0) is 171 Å². The minimum atomic E-state index is 0.606. The van der Waals surface area contributed by atoms with Gasteiger partial charge in [-0.3, -0.25) is 14.1 Å². The third-order valence-electron chi connectivity index (χ3n) is 22.1. The Kier molecular flexibility index (Phi) is 11.9. The summed E-state index contributed by atoms with van der Waals surface area (Å²) in [5.74, 6) is 0.606. The molecule has 0 fully saturated rings. The summed E-state index contributed by atoms with van der Waals surface area (Å²) >= 11 is 0. The largest absolute Gasteiger partial charge is 0.308 e. The number of para-hydroxylation sites is 5. The smallest absolute Gasteiger partial charge is 0.235 e. The topological polar surface area (TPSA) is 70.2 Å². The summed E-state index contributed by atoms with van der Waals surface area (Å²) in [6.45, 7) is 0. The van der Waals surface area contributed by atoms with Crippen molar-refractivity contribution in [3.05, 3.63) is 340 Å². The fourth-order valence-corrected chi connectivity index (χ4v) is 17.4. The van der Waals surface area contributed by atoms with Crippen LogP contribution in [0.4, 0.5) is 0 Å². The van der Waals surface area contributed by atoms with Crippen molar-refractivity contribution in [2.24, 2.45) is 0 Å². The van der Waals surface area contributed by atoms with E-state index in [0.717, 1.165) is 127 Å². The number of nitrogens with zero attached hydrogens (tertiary/aromatic N) is 8. The first-order valence-electron chi connectivity index (χ1n) is 35.5. The fourth-order valence-electron chi connectivity index (χ4n) is 17.4. The summed E-state index contributed by atoms with van der Waals surface area (Å²) in [5.41, 5.74) is 28.6. The Morgan fingerprint density at radius 3 is 1.24 bits per heavy atom. The van der Waals surface area contributed by atoms with Gasteiger partial charge >= 0.3 is 0 Å². The number of benzene rings is 14. The molecule has 104 heavy (non-hydrogen) atoms. The average Bonchev–Trinajstić information content (AvgIpc) is 1.54. The number of pyridine rings is 2. The summed E-state index contributed by atoms with van der Waals surface area (Å²) in [4.78, 5) is 21.1. The molecule has 23 aromatic rings. The average molecular weight is 1320 g/mol. The van der Waals surface area contributed by atoms with Crippen molar-refractivity contribution < 1.29 is 0 Å². The van der Waals surface area contributed by atoms with E-state index >= 15 is 0 Å². The first-order chi connectivity index (χ1) is 51.5. The van der Waals surface area contributed by atoms with Gasteiger partial charge in [0.25, 0.3) is 0 Å². The molecule has 0 N–H and O–H groups in total. The van der Waals surface area contributed by atoms with Crippen molar-refractivity contribution in [1.82, 2.24) is 37.9 Å². The third-order valence-corrected chi connectivity index (χ3v) is 22.1. The SMILES string of the molecule is c1ccc(-c2ccc(-c3cc(-c4ccc(-c5cccc(-c6ccc7c(-c8ccc9c(c8)c8cccnc8n9-c8cc9c%10ccccc%10n%10c%11ccccc%11c(c8)c9%10)ccnc7c6)c5)cc4)nc(-n4c5ccccc5c5cc(-c6cc7c8ccccc8n8c9ccccc9c(c6)c78)ccc54)n3)cc2)cc1. The second-order valence-electron chi connectivity index (χ2n) is 27.7. The van der Waals surface area contributed by atoms with Crippen LogP contribution in [0.1, 0.15) is 0 Å². The van der Waals surface area contributed by atoms with E-state index in [1.165, 1.54) is 87.3 Å². The Bertz CT molecular complexity index is 7350. The molecule has 14 aromatic carbocycles. The first kappa shape index (κ1) is 56.8. The summed E-state index contributed by atoms with van der Waals surface area (Å²) in [6.07, 6.45) is 3.85. The molecule has 9 aromatic heterocycles. The lowest BCUT2D eigenvalue weighted by Gasteiger charge is -2.13. The van der Waals surface area contributed by atoms with Crippen LogP contribution in [0.15, 0.2) is 340 Å². The molecule has 0 aliphatic rings. The monoisotopic (exact) mass is 1320 g/mol. The van der Waals surface area contributed by atoms with Crippen molar-refractivity contribution >= 4 is 131 Å². The van der Waals surface area contributed by atoms with Crippen molar-refractivity contribution in [1.29, 1.82) is 0 Å². The van der Waals surface area contributed by atoms with Crippen molar-refractivity contribution in [3.63, 3.8) is 0 Å². The summed E-state index contributed by atoms with van der Waals surface area (Å²) in [6, 6.07) is 119. The van der Waals surface area contributed by atoms with Crippen LogP contribution >= 0.6 is 0 Å². The third kappa shape index (κ3) is 8.30. The predicted molar refractivity (Wildman–Crippen MR) is 431 cm³/mol. The molecule has 0 atom stereocenters. The zero-order valence-corrected chi connectivity index (χ0v) is 55.9. The zero-order chi connectivity index (χ0) is 67.8. The quantitative estimate of drug-likeness (QED) is 0.144. The van der Waals surface area contributed by atoms with Gasteiger partial charge in [-0.1, -0.05) is 212 Å². The molecule has 0 spiro atoms. The van der Waals surface area contributed by atoms with E-state index < -0.39 is 0 Å². The second-order valence-corrected chi connectivity index (χ2v) is 27.7. The van der Waals surface area contributed by atoms with Crippen LogP contribution in [0.2, 0.25) is 0 Å². The van der Waals surface area contributed by atoms with E-state index in [9.17, 15) is 0 Å². The van der Waals surface area contributed by atoms with Gasteiger partial charge in [-0.15, -0.1) is 0 Å². The molecular weight excluding hydrogens is 1270 g/mol. The van der Waals surface area contributed by atoms with E-state index in [1.807, 2.05) is 18.5 Å². The molecular formula is C96H56N8.